The number of rotatable bonds is 10. The predicted molar refractivity (Wildman–Crippen MR) is 91.7 cm³/mol. The lowest BCUT2D eigenvalue weighted by atomic mass is 9.88. The Morgan fingerprint density at radius 1 is 1.29 bits per heavy atom. The van der Waals surface area contributed by atoms with Crippen LogP contribution in [0.5, 0.6) is 11.5 Å². The first-order valence-corrected chi connectivity index (χ1v) is 7.87. The Bertz CT molecular complexity index is 593. The van der Waals surface area contributed by atoms with Crippen molar-refractivity contribution in [1.29, 1.82) is 0 Å². The first-order valence-electron chi connectivity index (χ1n) is 7.87. The lowest BCUT2D eigenvalue weighted by Crippen LogP contribution is -2.49. The van der Waals surface area contributed by atoms with Gasteiger partial charge >= 0.3 is 5.97 Å². The molecule has 0 radical (unpaired) electrons. The highest BCUT2D eigenvalue weighted by atomic mass is 16.5. The van der Waals surface area contributed by atoms with Gasteiger partial charge in [-0.3, -0.25) is 9.59 Å². The number of methoxy groups -OCH3 is 1. The molecule has 0 aliphatic carbocycles. The second kappa shape index (κ2) is 8.96. The van der Waals surface area contributed by atoms with Gasteiger partial charge in [0, 0.05) is 5.56 Å². The largest absolute Gasteiger partial charge is 0.493 e. The summed E-state index contributed by atoms with van der Waals surface area (Å²) in [5.41, 5.74) is -0.386. The number of carbonyl (C=O) groups excluding carboxylic acids is 1. The fourth-order valence-electron chi connectivity index (χ4n) is 2.40. The van der Waals surface area contributed by atoms with Gasteiger partial charge in [0.25, 0.3) is 5.91 Å². The smallest absolute Gasteiger partial charge is 0.305 e. The van der Waals surface area contributed by atoms with E-state index in [-0.39, 0.29) is 12.3 Å². The minimum Gasteiger partial charge on any atom is -0.493 e. The van der Waals surface area contributed by atoms with Gasteiger partial charge in [0.15, 0.2) is 11.5 Å². The van der Waals surface area contributed by atoms with Crippen LogP contribution in [0, 0.1) is 0 Å². The molecule has 0 aliphatic heterocycles. The molecule has 0 bridgehead atoms. The van der Waals surface area contributed by atoms with Crippen LogP contribution in [0.2, 0.25) is 0 Å². The Kier molecular flexibility index (Phi) is 7.30. The molecule has 6 heteroatoms. The minimum absolute atomic E-state index is 0.122. The molecule has 0 saturated carbocycles. The Morgan fingerprint density at radius 2 is 1.96 bits per heavy atom. The normalized spacial score (nSPS) is 10.8. The van der Waals surface area contributed by atoms with Crippen LogP contribution in [-0.4, -0.2) is 36.2 Å². The Morgan fingerprint density at radius 3 is 2.46 bits per heavy atom. The average Bonchev–Trinajstić information content (AvgIpc) is 2.58. The van der Waals surface area contributed by atoms with Crippen LogP contribution in [-0.2, 0) is 4.79 Å². The Hall–Kier alpha value is -2.50. The lowest BCUT2D eigenvalue weighted by Gasteiger charge is -2.31. The summed E-state index contributed by atoms with van der Waals surface area (Å²) in [7, 11) is 1.49. The first-order chi connectivity index (χ1) is 11.4. The zero-order chi connectivity index (χ0) is 18.2. The molecule has 0 saturated heterocycles. The third-order valence-corrected chi connectivity index (χ3v) is 4.00. The van der Waals surface area contributed by atoms with Gasteiger partial charge in [-0.15, -0.1) is 0 Å². The molecular formula is C18H25NO5. The second-order valence-electron chi connectivity index (χ2n) is 5.48. The van der Waals surface area contributed by atoms with Crippen molar-refractivity contribution in [1.82, 2.24) is 5.32 Å². The third-order valence-electron chi connectivity index (χ3n) is 4.00. The number of carboxylic acids is 1. The Labute approximate surface area is 142 Å². The fourth-order valence-corrected chi connectivity index (χ4v) is 2.40. The molecule has 0 aromatic heterocycles. The molecule has 132 valence electrons. The van der Waals surface area contributed by atoms with Gasteiger partial charge in [0.05, 0.1) is 19.1 Å². The highest BCUT2D eigenvalue weighted by Crippen LogP contribution is 2.29. The molecule has 1 rings (SSSR count). The summed E-state index contributed by atoms with van der Waals surface area (Å²) >= 11 is 0. The van der Waals surface area contributed by atoms with E-state index in [1.165, 1.54) is 7.11 Å². The maximum absolute atomic E-state index is 12.5. The van der Waals surface area contributed by atoms with Crippen molar-refractivity contribution < 1.29 is 24.2 Å². The molecule has 0 atom stereocenters. The minimum atomic E-state index is -0.940. The van der Waals surface area contributed by atoms with Gasteiger partial charge in [-0.1, -0.05) is 26.5 Å². The quantitative estimate of drug-likeness (QED) is 0.642. The number of aliphatic carboxylic acids is 1. The van der Waals surface area contributed by atoms with Gasteiger partial charge in [-0.05, 0) is 31.0 Å². The van der Waals surface area contributed by atoms with Gasteiger partial charge in [-0.25, -0.2) is 0 Å². The van der Waals surface area contributed by atoms with E-state index in [1.807, 2.05) is 13.8 Å². The van der Waals surface area contributed by atoms with E-state index in [9.17, 15) is 9.59 Å². The standard InChI is InChI=1S/C18H25NO5/c1-5-10-24-14-9-8-13(11-15(14)23-4)17(22)19-18(6-2,7-3)12-16(20)21/h5,8-9,11H,1,6-7,10,12H2,2-4H3,(H,19,22)(H,20,21). The summed E-state index contributed by atoms with van der Waals surface area (Å²) in [4.78, 5) is 23.6. The van der Waals surface area contributed by atoms with Crippen LogP contribution in [0.4, 0.5) is 0 Å². The van der Waals surface area contributed by atoms with Crippen molar-refractivity contribution in [3.8, 4) is 11.5 Å². The third kappa shape index (κ3) is 5.01. The number of carboxylic acid groups (broad SMARTS) is 1. The molecule has 1 aromatic carbocycles. The van der Waals surface area contributed by atoms with Crippen molar-refractivity contribution in [2.75, 3.05) is 13.7 Å². The molecule has 1 aromatic rings. The van der Waals surface area contributed by atoms with Crippen LogP contribution in [0.15, 0.2) is 30.9 Å². The summed E-state index contributed by atoms with van der Waals surface area (Å²) in [5, 5.41) is 12.0. The van der Waals surface area contributed by atoms with Crippen molar-refractivity contribution in [3.63, 3.8) is 0 Å². The molecule has 6 nitrogen and oxygen atoms in total. The average molecular weight is 335 g/mol. The first kappa shape index (κ1) is 19.5. The summed E-state index contributed by atoms with van der Waals surface area (Å²) in [6.45, 7) is 7.63. The predicted octanol–water partition coefficient (Wildman–Crippen LogP) is 3.02. The van der Waals surface area contributed by atoms with E-state index in [2.05, 4.69) is 11.9 Å². The molecule has 0 unspecified atom stereocenters. The summed E-state index contributed by atoms with van der Waals surface area (Å²) in [6, 6.07) is 4.84. The molecule has 0 spiro atoms. The van der Waals surface area contributed by atoms with E-state index in [1.54, 1.807) is 24.3 Å². The van der Waals surface area contributed by atoms with E-state index in [4.69, 9.17) is 14.6 Å². The van der Waals surface area contributed by atoms with Crippen LogP contribution in [0.1, 0.15) is 43.5 Å². The van der Waals surface area contributed by atoms with Gasteiger partial charge in [0.1, 0.15) is 6.61 Å². The van der Waals surface area contributed by atoms with Crippen molar-refractivity contribution in [3.05, 3.63) is 36.4 Å². The number of ether oxygens (including phenoxy) is 2. The van der Waals surface area contributed by atoms with E-state index in [0.717, 1.165) is 0 Å². The van der Waals surface area contributed by atoms with Crippen LogP contribution in [0.3, 0.4) is 0 Å². The van der Waals surface area contributed by atoms with E-state index in [0.29, 0.717) is 36.5 Å². The number of carbonyl (C=O) groups is 2. The van der Waals surface area contributed by atoms with Crippen LogP contribution < -0.4 is 14.8 Å². The second-order valence-corrected chi connectivity index (χ2v) is 5.48. The highest BCUT2D eigenvalue weighted by Gasteiger charge is 2.31. The monoisotopic (exact) mass is 335 g/mol. The van der Waals surface area contributed by atoms with Crippen molar-refractivity contribution >= 4 is 11.9 Å². The summed E-state index contributed by atoms with van der Waals surface area (Å²) < 4.78 is 10.7. The molecule has 0 aliphatic rings. The van der Waals surface area contributed by atoms with Crippen molar-refractivity contribution in [2.24, 2.45) is 0 Å². The number of nitrogens with one attached hydrogen (secondary N) is 1. The zero-order valence-corrected chi connectivity index (χ0v) is 14.4. The van der Waals surface area contributed by atoms with Crippen LogP contribution >= 0.6 is 0 Å². The molecule has 24 heavy (non-hydrogen) atoms. The highest BCUT2D eigenvalue weighted by molar-refractivity contribution is 5.95. The van der Waals surface area contributed by atoms with Crippen molar-refractivity contribution in [2.45, 2.75) is 38.6 Å². The zero-order valence-electron chi connectivity index (χ0n) is 14.4. The molecule has 0 heterocycles. The number of hydrogen-bond donors (Lipinski definition) is 2. The SMILES string of the molecule is C=CCOc1ccc(C(=O)NC(CC)(CC)CC(=O)O)cc1OC. The Balaban J connectivity index is 3.01. The number of amides is 1. The van der Waals surface area contributed by atoms with Gasteiger partial charge in [0.2, 0.25) is 0 Å². The number of hydrogen-bond acceptors (Lipinski definition) is 4. The van der Waals surface area contributed by atoms with Gasteiger partial charge in [-0.2, -0.15) is 0 Å². The van der Waals surface area contributed by atoms with E-state index >= 15 is 0 Å². The summed E-state index contributed by atoms with van der Waals surface area (Å²) in [5.74, 6) is -0.337. The molecule has 2 N–H and O–H groups in total. The van der Waals surface area contributed by atoms with Gasteiger partial charge < -0.3 is 19.9 Å². The molecule has 0 fully saturated rings. The fraction of sp³-hybridized carbons (Fsp3) is 0.444. The van der Waals surface area contributed by atoms with E-state index < -0.39 is 11.5 Å². The number of benzene rings is 1. The lowest BCUT2D eigenvalue weighted by molar-refractivity contribution is -0.138. The van der Waals surface area contributed by atoms with Crippen LogP contribution in [0.25, 0.3) is 0 Å². The molecular weight excluding hydrogens is 310 g/mol. The maximum atomic E-state index is 12.5. The maximum Gasteiger partial charge on any atom is 0.305 e. The summed E-state index contributed by atoms with van der Waals surface area (Å²) in [6.07, 6.45) is 2.55. The topological polar surface area (TPSA) is 84.9 Å². The molecule has 1 amide bonds.